The number of guanidine groups is 1. The summed E-state index contributed by atoms with van der Waals surface area (Å²) in [6, 6.07) is 0.435. The van der Waals surface area contributed by atoms with Crippen LogP contribution < -0.4 is 10.6 Å². The summed E-state index contributed by atoms with van der Waals surface area (Å²) in [6.07, 6.45) is 4.18. The Labute approximate surface area is 191 Å². The second kappa shape index (κ2) is 11.1. The topological polar surface area (TPSA) is 77.8 Å². The first-order valence-corrected chi connectivity index (χ1v) is 10.6. The summed E-state index contributed by atoms with van der Waals surface area (Å²) in [6.45, 7) is 9.10. The molecule has 1 aliphatic carbocycles. The van der Waals surface area contributed by atoms with Crippen molar-refractivity contribution in [3.63, 3.8) is 0 Å². The summed E-state index contributed by atoms with van der Waals surface area (Å²) in [7, 11) is 3.86. The van der Waals surface area contributed by atoms with Crippen LogP contribution in [0, 0.1) is 0 Å². The third-order valence-corrected chi connectivity index (χ3v) is 5.64. The normalized spacial score (nSPS) is 17.8. The van der Waals surface area contributed by atoms with E-state index in [1.807, 2.05) is 18.8 Å². The number of rotatable bonds is 7. The molecule has 164 valence electrons. The van der Waals surface area contributed by atoms with Gasteiger partial charge in [-0.3, -0.25) is 19.4 Å². The van der Waals surface area contributed by atoms with Gasteiger partial charge in [-0.25, -0.2) is 0 Å². The third-order valence-electron chi connectivity index (χ3n) is 5.64. The number of aryl methyl sites for hydroxylation is 2. The van der Waals surface area contributed by atoms with Crippen molar-refractivity contribution in [3.8, 4) is 0 Å². The van der Waals surface area contributed by atoms with Crippen LogP contribution in [0.1, 0.15) is 43.6 Å². The van der Waals surface area contributed by atoms with E-state index in [9.17, 15) is 4.79 Å². The van der Waals surface area contributed by atoms with Crippen LogP contribution in [-0.4, -0.2) is 77.3 Å². The molecule has 2 fully saturated rings. The van der Waals surface area contributed by atoms with Gasteiger partial charge in [0, 0.05) is 64.1 Å². The fourth-order valence-electron chi connectivity index (χ4n) is 3.92. The van der Waals surface area contributed by atoms with Crippen LogP contribution in [0.5, 0.6) is 0 Å². The predicted molar refractivity (Wildman–Crippen MR) is 127 cm³/mol. The van der Waals surface area contributed by atoms with Gasteiger partial charge in [0.1, 0.15) is 0 Å². The second-order valence-electron chi connectivity index (χ2n) is 7.71. The van der Waals surface area contributed by atoms with Crippen LogP contribution in [0.2, 0.25) is 0 Å². The standard InChI is InChI=1S/C20H35N7O.HI/c1-5-17-16(18(6-2)25(4)24-17)13-22-20(21-3)27-11-9-26(10-12-27)14-19(28)23-15-7-8-15;/h15H,5-14H2,1-4H3,(H,21,22)(H,23,28);1H. The molecular weight excluding hydrogens is 481 g/mol. The Balaban J connectivity index is 0.00000300. The number of aliphatic imine (C=N–C) groups is 1. The molecule has 0 aromatic carbocycles. The molecule has 2 N–H and O–H groups in total. The molecule has 1 saturated carbocycles. The van der Waals surface area contributed by atoms with Crippen LogP contribution in [0.25, 0.3) is 0 Å². The molecule has 2 aliphatic rings. The van der Waals surface area contributed by atoms with Crippen molar-refractivity contribution in [1.82, 2.24) is 30.2 Å². The van der Waals surface area contributed by atoms with Gasteiger partial charge >= 0.3 is 0 Å². The van der Waals surface area contributed by atoms with Gasteiger partial charge in [-0.15, -0.1) is 24.0 Å². The third kappa shape index (κ3) is 6.31. The number of hydrogen-bond acceptors (Lipinski definition) is 4. The van der Waals surface area contributed by atoms with E-state index in [0.717, 1.165) is 70.1 Å². The van der Waals surface area contributed by atoms with Crippen molar-refractivity contribution in [2.24, 2.45) is 12.0 Å². The highest BCUT2D eigenvalue weighted by atomic mass is 127. The Kier molecular flexibility index (Phi) is 9.19. The first-order valence-electron chi connectivity index (χ1n) is 10.6. The molecular formula is C20H36IN7O. The van der Waals surface area contributed by atoms with Crippen molar-refractivity contribution in [1.29, 1.82) is 0 Å². The lowest BCUT2D eigenvalue weighted by Gasteiger charge is -2.36. The summed E-state index contributed by atoms with van der Waals surface area (Å²) in [5.41, 5.74) is 3.74. The van der Waals surface area contributed by atoms with Gasteiger partial charge < -0.3 is 15.5 Å². The van der Waals surface area contributed by atoms with Crippen LogP contribution in [0.15, 0.2) is 4.99 Å². The lowest BCUT2D eigenvalue weighted by molar-refractivity contribution is -0.122. The Hall–Kier alpha value is -1.36. The molecule has 9 heteroatoms. The fourth-order valence-corrected chi connectivity index (χ4v) is 3.92. The van der Waals surface area contributed by atoms with Crippen LogP contribution >= 0.6 is 24.0 Å². The number of carbonyl (C=O) groups excluding carboxylic acids is 1. The van der Waals surface area contributed by atoms with E-state index < -0.39 is 0 Å². The number of hydrogen-bond donors (Lipinski definition) is 2. The van der Waals surface area contributed by atoms with Crippen molar-refractivity contribution in [2.75, 3.05) is 39.8 Å². The molecule has 8 nitrogen and oxygen atoms in total. The zero-order valence-electron chi connectivity index (χ0n) is 18.2. The molecule has 0 atom stereocenters. The minimum atomic E-state index is 0. The Morgan fingerprint density at radius 2 is 1.86 bits per heavy atom. The quantitative estimate of drug-likeness (QED) is 0.322. The van der Waals surface area contributed by atoms with E-state index in [0.29, 0.717) is 12.6 Å². The summed E-state index contributed by atoms with van der Waals surface area (Å²) in [5.74, 6) is 1.09. The second-order valence-corrected chi connectivity index (χ2v) is 7.71. The lowest BCUT2D eigenvalue weighted by atomic mass is 10.1. The number of amides is 1. The Morgan fingerprint density at radius 1 is 1.17 bits per heavy atom. The van der Waals surface area contributed by atoms with Crippen molar-refractivity contribution < 1.29 is 4.79 Å². The molecule has 0 radical (unpaired) electrons. The average Bonchev–Trinajstić information content (AvgIpc) is 3.44. The lowest BCUT2D eigenvalue weighted by Crippen LogP contribution is -2.54. The number of aromatic nitrogens is 2. The summed E-state index contributed by atoms with van der Waals surface area (Å²) < 4.78 is 2.00. The molecule has 29 heavy (non-hydrogen) atoms. The van der Waals surface area contributed by atoms with Crippen molar-refractivity contribution in [2.45, 2.75) is 52.1 Å². The predicted octanol–water partition coefficient (Wildman–Crippen LogP) is 1.13. The van der Waals surface area contributed by atoms with Crippen LogP contribution in [0.3, 0.4) is 0 Å². The van der Waals surface area contributed by atoms with Gasteiger partial charge in [-0.2, -0.15) is 5.10 Å². The minimum absolute atomic E-state index is 0. The zero-order valence-corrected chi connectivity index (χ0v) is 20.5. The van der Waals surface area contributed by atoms with Gasteiger partial charge in [-0.05, 0) is 25.7 Å². The molecule has 2 heterocycles. The number of halogens is 1. The highest BCUT2D eigenvalue weighted by Gasteiger charge is 2.26. The van der Waals surface area contributed by atoms with Crippen molar-refractivity contribution in [3.05, 3.63) is 17.0 Å². The zero-order chi connectivity index (χ0) is 20.1. The maximum atomic E-state index is 12.0. The summed E-state index contributed by atoms with van der Waals surface area (Å²) >= 11 is 0. The number of carbonyl (C=O) groups is 1. The van der Waals surface area contributed by atoms with E-state index in [1.54, 1.807) is 0 Å². The average molecular weight is 517 g/mol. The first kappa shape index (κ1) is 23.9. The molecule has 0 spiro atoms. The molecule has 1 aromatic rings. The summed E-state index contributed by atoms with van der Waals surface area (Å²) in [4.78, 5) is 21.0. The first-order chi connectivity index (χ1) is 13.5. The highest BCUT2D eigenvalue weighted by Crippen LogP contribution is 2.18. The fraction of sp³-hybridized carbons (Fsp3) is 0.750. The molecule has 1 aromatic heterocycles. The van der Waals surface area contributed by atoms with Crippen molar-refractivity contribution >= 4 is 35.8 Å². The van der Waals surface area contributed by atoms with E-state index in [4.69, 9.17) is 0 Å². The largest absolute Gasteiger partial charge is 0.352 e. The SMILES string of the molecule is CCc1nn(C)c(CC)c1CNC(=NC)N1CCN(CC(=O)NC2CC2)CC1.I. The monoisotopic (exact) mass is 517 g/mol. The van der Waals surface area contributed by atoms with Gasteiger partial charge in [0.25, 0.3) is 0 Å². The van der Waals surface area contributed by atoms with E-state index >= 15 is 0 Å². The summed E-state index contributed by atoms with van der Waals surface area (Å²) in [5, 5.41) is 11.3. The highest BCUT2D eigenvalue weighted by molar-refractivity contribution is 14.0. The Morgan fingerprint density at radius 3 is 2.41 bits per heavy atom. The molecule has 0 unspecified atom stereocenters. The van der Waals surface area contributed by atoms with E-state index in [2.05, 4.69) is 44.4 Å². The van der Waals surface area contributed by atoms with Crippen LogP contribution in [0.4, 0.5) is 0 Å². The van der Waals surface area contributed by atoms with E-state index in [-0.39, 0.29) is 29.9 Å². The Bertz CT molecular complexity index is 706. The maximum Gasteiger partial charge on any atom is 0.234 e. The molecule has 1 aliphatic heterocycles. The minimum Gasteiger partial charge on any atom is -0.352 e. The molecule has 3 rings (SSSR count). The van der Waals surface area contributed by atoms with Gasteiger partial charge in [0.05, 0.1) is 12.2 Å². The maximum absolute atomic E-state index is 12.0. The molecule has 1 saturated heterocycles. The van der Waals surface area contributed by atoms with Gasteiger partial charge in [0.15, 0.2) is 5.96 Å². The molecule has 0 bridgehead atoms. The number of piperazine rings is 1. The van der Waals surface area contributed by atoms with Gasteiger partial charge in [-0.1, -0.05) is 13.8 Å². The number of nitrogens with one attached hydrogen (secondary N) is 2. The van der Waals surface area contributed by atoms with Gasteiger partial charge in [0.2, 0.25) is 5.91 Å². The number of nitrogens with zero attached hydrogens (tertiary/aromatic N) is 5. The smallest absolute Gasteiger partial charge is 0.234 e. The molecule has 1 amide bonds. The van der Waals surface area contributed by atoms with Crippen LogP contribution in [-0.2, 0) is 31.2 Å². The van der Waals surface area contributed by atoms with E-state index in [1.165, 1.54) is 11.3 Å².